The van der Waals surface area contributed by atoms with Crippen LogP contribution in [-0.2, 0) is 14.3 Å². The van der Waals surface area contributed by atoms with E-state index < -0.39 is 17.8 Å². The van der Waals surface area contributed by atoms with Crippen molar-refractivity contribution in [1.29, 1.82) is 0 Å². The SMILES string of the molecule is C=C(F)C(=O)N1CC(OC(=O)N2C3CCC2CC(Nc2nc(NC4CCOCC4)nc4c(C(C)C)cnn24)C3)C1. The number of carbonyl (C=O) groups is 2. The molecule has 4 saturated heterocycles. The summed E-state index contributed by atoms with van der Waals surface area (Å²) in [6.07, 6.45) is 6.23. The summed E-state index contributed by atoms with van der Waals surface area (Å²) in [6, 6.07) is 0.465. The number of halogens is 1. The average molecular weight is 557 g/mol. The van der Waals surface area contributed by atoms with Crippen molar-refractivity contribution in [2.45, 2.75) is 88.6 Å². The van der Waals surface area contributed by atoms with Crippen LogP contribution < -0.4 is 10.6 Å². The monoisotopic (exact) mass is 556 g/mol. The van der Waals surface area contributed by atoms with Crippen LogP contribution in [0, 0.1) is 0 Å². The number of aromatic nitrogens is 4. The van der Waals surface area contributed by atoms with Crippen LogP contribution in [0.2, 0.25) is 0 Å². The van der Waals surface area contributed by atoms with Crippen molar-refractivity contribution in [2.24, 2.45) is 0 Å². The van der Waals surface area contributed by atoms with Crippen LogP contribution in [-0.4, -0.2) is 98.0 Å². The molecule has 0 saturated carbocycles. The summed E-state index contributed by atoms with van der Waals surface area (Å²) >= 11 is 0. The first-order valence-corrected chi connectivity index (χ1v) is 14.3. The molecule has 2 aromatic heterocycles. The lowest BCUT2D eigenvalue weighted by atomic mass is 9.98. The highest BCUT2D eigenvalue weighted by atomic mass is 19.1. The van der Waals surface area contributed by atoms with E-state index in [4.69, 9.17) is 19.4 Å². The minimum Gasteiger partial charge on any atom is -0.442 e. The van der Waals surface area contributed by atoms with Crippen molar-refractivity contribution >= 4 is 29.5 Å². The molecule has 6 heterocycles. The summed E-state index contributed by atoms with van der Waals surface area (Å²) < 4.78 is 26.0. The minimum absolute atomic E-state index is 0.0492. The number of rotatable bonds is 7. The van der Waals surface area contributed by atoms with E-state index in [-0.39, 0.29) is 49.3 Å². The summed E-state index contributed by atoms with van der Waals surface area (Å²) in [4.78, 5) is 37.5. The Morgan fingerprint density at radius 1 is 1.07 bits per heavy atom. The first-order valence-electron chi connectivity index (χ1n) is 14.3. The van der Waals surface area contributed by atoms with E-state index in [9.17, 15) is 14.0 Å². The van der Waals surface area contributed by atoms with Gasteiger partial charge in [-0.15, -0.1) is 0 Å². The number of nitrogens with one attached hydrogen (secondary N) is 2. The van der Waals surface area contributed by atoms with Crippen molar-refractivity contribution < 1.29 is 23.5 Å². The molecular formula is C27H37FN8O4. The maximum atomic E-state index is 13.1. The van der Waals surface area contributed by atoms with E-state index in [1.807, 2.05) is 11.1 Å². The smallest absolute Gasteiger partial charge is 0.410 e. The number of hydrogen-bond acceptors (Lipinski definition) is 9. The average Bonchev–Trinajstić information content (AvgIpc) is 3.45. The van der Waals surface area contributed by atoms with Gasteiger partial charge in [0.1, 0.15) is 6.10 Å². The number of likely N-dealkylation sites (tertiary alicyclic amines) is 1. The molecular weight excluding hydrogens is 519 g/mol. The third kappa shape index (κ3) is 5.18. The zero-order valence-electron chi connectivity index (χ0n) is 23.0. The van der Waals surface area contributed by atoms with Gasteiger partial charge in [0.2, 0.25) is 11.9 Å². The van der Waals surface area contributed by atoms with Crippen LogP contribution >= 0.6 is 0 Å². The van der Waals surface area contributed by atoms with Crippen LogP contribution in [0.1, 0.15) is 63.9 Å². The fourth-order valence-corrected chi connectivity index (χ4v) is 6.31. The molecule has 2 aromatic rings. The van der Waals surface area contributed by atoms with E-state index in [0.29, 0.717) is 11.9 Å². The van der Waals surface area contributed by atoms with Crippen molar-refractivity contribution in [1.82, 2.24) is 29.4 Å². The van der Waals surface area contributed by atoms with Crippen LogP contribution in [0.15, 0.2) is 18.6 Å². The number of amides is 2. The predicted molar refractivity (Wildman–Crippen MR) is 145 cm³/mol. The van der Waals surface area contributed by atoms with Crippen LogP contribution in [0.5, 0.6) is 0 Å². The van der Waals surface area contributed by atoms with Gasteiger partial charge < -0.3 is 29.9 Å². The molecule has 6 rings (SSSR count). The first kappa shape index (κ1) is 26.7. The summed E-state index contributed by atoms with van der Waals surface area (Å²) in [6.45, 7) is 9.12. The molecule has 2 N–H and O–H groups in total. The number of fused-ring (bicyclic) bond motifs is 3. The second-order valence-electron chi connectivity index (χ2n) is 11.6. The molecule has 0 spiro atoms. The highest BCUT2D eigenvalue weighted by Crippen LogP contribution is 2.38. The maximum absolute atomic E-state index is 13.1. The van der Waals surface area contributed by atoms with E-state index >= 15 is 0 Å². The number of piperidine rings is 1. The highest BCUT2D eigenvalue weighted by molar-refractivity contribution is 5.91. The van der Waals surface area contributed by atoms with E-state index in [1.165, 1.54) is 4.90 Å². The Morgan fingerprint density at radius 3 is 2.42 bits per heavy atom. The molecule has 2 bridgehead atoms. The van der Waals surface area contributed by atoms with Crippen LogP contribution in [0.3, 0.4) is 0 Å². The molecule has 4 aliphatic heterocycles. The van der Waals surface area contributed by atoms with Gasteiger partial charge in [-0.3, -0.25) is 4.79 Å². The zero-order valence-corrected chi connectivity index (χ0v) is 23.0. The lowest BCUT2D eigenvalue weighted by Crippen LogP contribution is -2.58. The third-order valence-electron chi connectivity index (χ3n) is 8.48. The number of carbonyl (C=O) groups excluding carboxylic acids is 2. The largest absolute Gasteiger partial charge is 0.442 e. The van der Waals surface area contributed by atoms with Gasteiger partial charge in [0.05, 0.1) is 19.3 Å². The van der Waals surface area contributed by atoms with Gasteiger partial charge in [-0.1, -0.05) is 20.4 Å². The molecule has 0 radical (unpaired) electrons. The lowest BCUT2D eigenvalue weighted by molar-refractivity contribution is -0.139. The van der Waals surface area contributed by atoms with E-state index in [2.05, 4.69) is 36.2 Å². The zero-order chi connectivity index (χ0) is 28.0. The van der Waals surface area contributed by atoms with Gasteiger partial charge in [-0.05, 0) is 44.4 Å². The topological polar surface area (TPSA) is 126 Å². The first-order chi connectivity index (χ1) is 19.3. The van der Waals surface area contributed by atoms with Gasteiger partial charge in [0.15, 0.2) is 11.5 Å². The summed E-state index contributed by atoms with van der Waals surface area (Å²) in [5, 5.41) is 11.7. The van der Waals surface area contributed by atoms with Crippen molar-refractivity contribution in [3.05, 3.63) is 24.2 Å². The Balaban J connectivity index is 1.13. The van der Waals surface area contributed by atoms with E-state index in [0.717, 1.165) is 62.9 Å². The second kappa shape index (κ2) is 10.8. The summed E-state index contributed by atoms with van der Waals surface area (Å²) in [7, 11) is 0. The standard InChI is InChI=1S/C27H37FN8O4/c1-15(2)22-12-29-36-23(22)32-25(30-17-6-8-39-9-7-17)33-26(36)31-18-10-19-4-5-20(11-18)35(19)27(38)40-21-13-34(14-21)24(37)16(3)28/h12,15,17-21H,3-11,13-14H2,1-2H3,(H2,30,31,32,33). The van der Waals surface area contributed by atoms with Gasteiger partial charge in [0, 0.05) is 42.9 Å². The molecule has 4 fully saturated rings. The normalized spacial score (nSPS) is 25.2. The number of hydrogen-bond donors (Lipinski definition) is 2. The molecule has 0 aromatic carbocycles. The second-order valence-corrected chi connectivity index (χ2v) is 11.6. The molecule has 0 aliphatic carbocycles. The fourth-order valence-electron chi connectivity index (χ4n) is 6.31. The molecule has 13 heteroatoms. The van der Waals surface area contributed by atoms with Gasteiger partial charge in [-0.2, -0.15) is 19.6 Å². The molecule has 40 heavy (non-hydrogen) atoms. The Kier molecular flexibility index (Phi) is 7.24. The highest BCUT2D eigenvalue weighted by Gasteiger charge is 2.46. The molecule has 216 valence electrons. The maximum Gasteiger partial charge on any atom is 0.410 e. The van der Waals surface area contributed by atoms with Gasteiger partial charge in [-0.25, -0.2) is 9.18 Å². The molecule has 2 atom stereocenters. The molecule has 12 nitrogen and oxygen atoms in total. The quantitative estimate of drug-likeness (QED) is 0.495. The fraction of sp³-hybridized carbons (Fsp3) is 0.667. The predicted octanol–water partition coefficient (Wildman–Crippen LogP) is 3.08. The Bertz CT molecular complexity index is 1270. The number of ether oxygens (including phenoxy) is 2. The molecule has 2 unspecified atom stereocenters. The minimum atomic E-state index is -1.000. The van der Waals surface area contributed by atoms with Gasteiger partial charge in [0.25, 0.3) is 5.91 Å². The van der Waals surface area contributed by atoms with E-state index in [1.54, 1.807) is 4.52 Å². The third-order valence-corrected chi connectivity index (χ3v) is 8.48. The Morgan fingerprint density at radius 2 is 1.77 bits per heavy atom. The van der Waals surface area contributed by atoms with Crippen LogP contribution in [0.25, 0.3) is 5.65 Å². The van der Waals surface area contributed by atoms with Gasteiger partial charge >= 0.3 is 6.09 Å². The Labute approximate surface area is 232 Å². The van der Waals surface area contributed by atoms with Crippen molar-refractivity contribution in [3.63, 3.8) is 0 Å². The lowest BCUT2D eigenvalue weighted by Gasteiger charge is -2.42. The number of nitrogens with zero attached hydrogens (tertiary/aromatic N) is 6. The van der Waals surface area contributed by atoms with Crippen LogP contribution in [0.4, 0.5) is 21.1 Å². The number of anilines is 2. The molecule has 2 amide bonds. The summed E-state index contributed by atoms with van der Waals surface area (Å²) in [5.41, 5.74) is 1.85. The van der Waals surface area contributed by atoms with Crippen molar-refractivity contribution in [2.75, 3.05) is 36.9 Å². The Hall–Kier alpha value is -3.48. The molecule has 4 aliphatic rings. The van der Waals surface area contributed by atoms with Crippen molar-refractivity contribution in [3.8, 4) is 0 Å². The summed E-state index contributed by atoms with van der Waals surface area (Å²) in [5.74, 6) is -0.265.